The van der Waals surface area contributed by atoms with E-state index in [0.29, 0.717) is 0 Å². The Morgan fingerprint density at radius 1 is 0.818 bits per heavy atom. The Hall–Kier alpha value is 1.48. The van der Waals surface area contributed by atoms with Crippen molar-refractivity contribution in [2.75, 3.05) is 7.11 Å². The Morgan fingerprint density at radius 3 is 0.818 bits per heavy atom. The van der Waals surface area contributed by atoms with Gasteiger partial charge < -0.3 is 16.1 Å². The van der Waals surface area contributed by atoms with Gasteiger partial charge in [-0.05, 0) is 0 Å². The minimum absolute atomic E-state index is 0. The minimum Gasteiger partial charge on any atom is -2.00 e. The monoisotopic (exact) mass is 204 g/mol. The number of hydrogen-bond donors (Lipinski definition) is 0. The summed E-state index contributed by atoms with van der Waals surface area (Å²) in [6.45, 7) is 0. The molecule has 0 spiro atoms. The van der Waals surface area contributed by atoms with Crippen LogP contribution in [0.2, 0.25) is 23.1 Å². The molecule has 0 rings (SSSR count). The Kier molecular flexibility index (Phi) is 731. The molecule has 0 bridgehead atoms. The van der Waals surface area contributed by atoms with Crippen LogP contribution in [0.3, 0.4) is 0 Å². The van der Waals surface area contributed by atoms with Gasteiger partial charge in [-0.2, -0.15) is 7.11 Å². The first-order chi connectivity index (χ1) is 4.41. The molecule has 6 heteroatoms. The summed E-state index contributed by atoms with van der Waals surface area (Å²) in [4.78, 5) is 0. The second-order valence-corrected chi connectivity index (χ2v) is 1.73. The zero-order chi connectivity index (χ0) is 8.71. The third-order valence-corrected chi connectivity index (χ3v) is 0. The number of rotatable bonds is 0. The van der Waals surface area contributed by atoms with Crippen LogP contribution in [0.5, 0.6) is 0 Å². The predicted molar refractivity (Wildman–Crippen MR) is 48.0 cm³/mol. The van der Waals surface area contributed by atoms with Gasteiger partial charge >= 0.3 is 70.9 Å². The summed E-state index contributed by atoms with van der Waals surface area (Å²) in [5.74, 6) is 8.25. The van der Waals surface area contributed by atoms with E-state index in [1.54, 1.807) is 0 Å². The molecule has 0 aromatic heterocycles. The Labute approximate surface area is 93.8 Å². The third-order valence-electron chi connectivity index (χ3n) is 0. The van der Waals surface area contributed by atoms with Crippen LogP contribution in [-0.2, 0) is 11.0 Å². The summed E-state index contributed by atoms with van der Waals surface area (Å²) in [5.41, 5.74) is 0. The second-order valence-electron chi connectivity index (χ2n) is 0.577. The third kappa shape index (κ3) is 472. The van der Waals surface area contributed by atoms with Gasteiger partial charge in [-0.15, -0.1) is 0 Å². The molecule has 0 unspecified atom stereocenters. The summed E-state index contributed by atoms with van der Waals surface area (Å²) in [7, 11) is 0.750. The summed E-state index contributed by atoms with van der Waals surface area (Å²) in [6.07, 6.45) is 0. The SMILES string of the molecule is C[O-].[CH3][Al+2].[CH3][Al+2].[CH3][Al+][CH3].[O-2].[O-2]. The first-order valence-electron chi connectivity index (χ1n) is 2.72. The summed E-state index contributed by atoms with van der Waals surface area (Å²) < 4.78 is 0. The van der Waals surface area contributed by atoms with Crippen molar-refractivity contribution in [3.63, 3.8) is 0 Å². The quantitative estimate of drug-likeness (QED) is 0.508. The van der Waals surface area contributed by atoms with Crippen molar-refractivity contribution >= 4 is 47.8 Å². The molecule has 0 fully saturated rings. The van der Waals surface area contributed by atoms with Crippen molar-refractivity contribution in [1.82, 2.24) is 0 Å². The van der Waals surface area contributed by atoms with Gasteiger partial charge in [0.25, 0.3) is 0 Å². The van der Waals surface area contributed by atoms with Gasteiger partial charge in [-0.25, -0.2) is 0 Å². The van der Waals surface area contributed by atoms with E-state index in [4.69, 9.17) is 5.11 Å². The zero-order valence-electron chi connectivity index (χ0n) is 7.96. The second kappa shape index (κ2) is 205. The normalized spacial score (nSPS) is 2.73. The fourth-order valence-electron chi connectivity index (χ4n) is 0. The maximum atomic E-state index is 8.25. The topological polar surface area (TPSA) is 80.1 Å². The van der Waals surface area contributed by atoms with Crippen molar-refractivity contribution in [3.8, 4) is 0 Å². The molecule has 3 nitrogen and oxygen atoms in total. The Balaban J connectivity index is -0.00000000729. The van der Waals surface area contributed by atoms with E-state index >= 15 is 0 Å². The van der Waals surface area contributed by atoms with Crippen LogP contribution in [0.25, 0.3) is 0 Å². The number of hydrogen-bond acceptors (Lipinski definition) is 1. The minimum atomic E-state index is 0. The average Bonchev–Trinajstić information content (AvgIpc) is 2.01. The van der Waals surface area contributed by atoms with E-state index < -0.39 is 0 Å². The van der Waals surface area contributed by atoms with Crippen molar-refractivity contribution in [2.24, 2.45) is 0 Å². The molecule has 0 saturated heterocycles. The Morgan fingerprint density at radius 2 is 0.818 bits per heavy atom. The molecule has 0 saturated carbocycles. The van der Waals surface area contributed by atoms with E-state index in [1.165, 1.54) is 0 Å². The first kappa shape index (κ1) is 39.2. The van der Waals surface area contributed by atoms with E-state index in [0.717, 1.165) is 22.3 Å². The van der Waals surface area contributed by atoms with Gasteiger partial charge in [0.05, 0.1) is 0 Å². The molecule has 0 aromatic carbocycles. The molecule has 62 valence electrons. The van der Waals surface area contributed by atoms with Crippen molar-refractivity contribution in [1.29, 1.82) is 0 Å². The zero-order valence-corrected chi connectivity index (χ0v) is 11.4. The van der Waals surface area contributed by atoms with Gasteiger partial charge in [0.1, 0.15) is 0 Å². The largest absolute Gasteiger partial charge is 2.00 e. The van der Waals surface area contributed by atoms with Crippen molar-refractivity contribution in [2.45, 2.75) is 23.1 Å². The summed E-state index contributed by atoms with van der Waals surface area (Å²) in [5, 5.41) is 8.25. The molecule has 11 heavy (non-hydrogen) atoms. The van der Waals surface area contributed by atoms with E-state index in [2.05, 4.69) is 44.2 Å². The van der Waals surface area contributed by atoms with Gasteiger partial charge in [0.15, 0.2) is 0 Å². The van der Waals surface area contributed by atoms with E-state index in [1.807, 2.05) is 11.6 Å². The maximum Gasteiger partial charge on any atom is -2.00 e. The van der Waals surface area contributed by atoms with E-state index in [-0.39, 0.29) is 11.0 Å². The van der Waals surface area contributed by atoms with Crippen LogP contribution in [0.15, 0.2) is 0 Å². The molecule has 0 aromatic rings. The van der Waals surface area contributed by atoms with Crippen LogP contribution in [0, 0.1) is 0 Å². The molecule has 0 aliphatic rings. The molecule has 0 atom stereocenters. The van der Waals surface area contributed by atoms with Crippen LogP contribution in [0.4, 0.5) is 0 Å². The molecule has 0 radical (unpaired) electrons. The standard InChI is InChI=1S/CH3O.4CH3.3Al.2O/c1-2;;;;;;;;;/h1H3;4*1H3;;;;;/q-1;;;;;+1;2*+2;2*-2. The molecular formula is C5H15Al3O3. The summed E-state index contributed by atoms with van der Waals surface area (Å²) in [6, 6.07) is 0. The van der Waals surface area contributed by atoms with Crippen LogP contribution in [-0.4, -0.2) is 54.9 Å². The maximum absolute atomic E-state index is 8.25. The van der Waals surface area contributed by atoms with Crippen molar-refractivity contribution < 1.29 is 16.1 Å². The average molecular weight is 204 g/mol. The molecular weight excluding hydrogens is 189 g/mol. The van der Waals surface area contributed by atoms with Gasteiger partial charge in [0, 0.05) is 0 Å². The van der Waals surface area contributed by atoms with Crippen molar-refractivity contribution in [3.05, 3.63) is 0 Å². The van der Waals surface area contributed by atoms with E-state index in [9.17, 15) is 0 Å². The first-order valence-corrected chi connectivity index (χ1v) is 7.34. The fourth-order valence-corrected chi connectivity index (χ4v) is 0. The molecule has 0 aliphatic heterocycles. The fraction of sp³-hybridized carbons (Fsp3) is 1.00. The van der Waals surface area contributed by atoms with Crippen LogP contribution < -0.4 is 5.11 Å². The van der Waals surface area contributed by atoms with Crippen LogP contribution >= 0.6 is 0 Å². The molecule has 0 amide bonds. The van der Waals surface area contributed by atoms with Gasteiger partial charge in [0.2, 0.25) is 0 Å². The van der Waals surface area contributed by atoms with Gasteiger partial charge in [-0.1, -0.05) is 0 Å². The predicted octanol–water partition coefficient (Wildman–Crippen LogP) is -0.0683. The molecule has 0 N–H and O–H groups in total. The van der Waals surface area contributed by atoms with Gasteiger partial charge in [-0.3, -0.25) is 0 Å². The molecule has 0 aliphatic carbocycles. The van der Waals surface area contributed by atoms with Crippen LogP contribution in [0.1, 0.15) is 0 Å². The smallest absolute Gasteiger partial charge is 2.00 e. The Bertz CT molecular complexity index is 16.9. The molecule has 0 heterocycles. The summed E-state index contributed by atoms with van der Waals surface area (Å²) >= 11 is 5.58.